The molecule has 1 aromatic rings. The molecule has 0 aliphatic carbocycles. The van der Waals surface area contributed by atoms with Gasteiger partial charge in [-0.2, -0.15) is 0 Å². The van der Waals surface area contributed by atoms with Gasteiger partial charge in [0.2, 0.25) is 5.88 Å². The first-order valence-corrected chi connectivity index (χ1v) is 9.03. The molecule has 2 rings (SSSR count). The molecular formula is C18H32IN5O. The summed E-state index contributed by atoms with van der Waals surface area (Å²) in [4.78, 5) is 11.2. The zero-order valence-electron chi connectivity index (χ0n) is 15.6. The number of guanidine groups is 1. The van der Waals surface area contributed by atoms with Crippen molar-refractivity contribution in [2.45, 2.75) is 45.7 Å². The zero-order chi connectivity index (χ0) is 17.2. The normalized spacial score (nSPS) is 17.9. The first kappa shape index (κ1) is 22.0. The Labute approximate surface area is 168 Å². The number of aromatic nitrogens is 1. The molecule has 1 fully saturated rings. The summed E-state index contributed by atoms with van der Waals surface area (Å²) in [5, 5.41) is 6.80. The maximum atomic E-state index is 5.70. The van der Waals surface area contributed by atoms with Crippen LogP contribution in [0.5, 0.6) is 5.88 Å². The Bertz CT molecular complexity index is 526. The van der Waals surface area contributed by atoms with E-state index in [1.807, 2.05) is 12.1 Å². The fourth-order valence-corrected chi connectivity index (χ4v) is 3.04. The van der Waals surface area contributed by atoms with E-state index < -0.39 is 0 Å². The van der Waals surface area contributed by atoms with Gasteiger partial charge in [-0.1, -0.05) is 19.9 Å². The summed E-state index contributed by atoms with van der Waals surface area (Å²) in [6, 6.07) is 4.58. The van der Waals surface area contributed by atoms with E-state index in [1.165, 1.54) is 19.4 Å². The number of halogens is 1. The van der Waals surface area contributed by atoms with Crippen LogP contribution in [-0.2, 0) is 6.54 Å². The zero-order valence-corrected chi connectivity index (χ0v) is 18.0. The van der Waals surface area contributed by atoms with Gasteiger partial charge in [-0.15, -0.1) is 24.0 Å². The molecule has 142 valence electrons. The lowest BCUT2D eigenvalue weighted by Crippen LogP contribution is -2.44. The minimum atomic E-state index is 0. The second-order valence-corrected chi connectivity index (χ2v) is 6.05. The van der Waals surface area contributed by atoms with Crippen molar-refractivity contribution in [3.05, 3.63) is 23.9 Å². The summed E-state index contributed by atoms with van der Waals surface area (Å²) in [5.74, 6) is 1.53. The molecule has 2 heterocycles. The van der Waals surface area contributed by atoms with Crippen LogP contribution in [0.15, 0.2) is 23.3 Å². The predicted octanol–water partition coefficient (Wildman–Crippen LogP) is 2.64. The van der Waals surface area contributed by atoms with Crippen molar-refractivity contribution in [2.24, 2.45) is 4.99 Å². The highest BCUT2D eigenvalue weighted by Gasteiger charge is 2.22. The van der Waals surface area contributed by atoms with Gasteiger partial charge < -0.3 is 15.4 Å². The third-order valence-electron chi connectivity index (χ3n) is 4.37. The van der Waals surface area contributed by atoms with Crippen molar-refractivity contribution in [1.29, 1.82) is 0 Å². The Morgan fingerprint density at radius 2 is 2.24 bits per heavy atom. The van der Waals surface area contributed by atoms with Crippen LogP contribution in [0.1, 0.15) is 38.7 Å². The molecular weight excluding hydrogens is 429 g/mol. The SMILES string of the molecule is CCCOc1ncccc1CNC(=NC)NCC1CCCN1CC.I. The minimum absolute atomic E-state index is 0. The number of hydrogen-bond donors (Lipinski definition) is 2. The summed E-state index contributed by atoms with van der Waals surface area (Å²) in [7, 11) is 1.80. The van der Waals surface area contributed by atoms with E-state index in [0.717, 1.165) is 31.0 Å². The number of likely N-dealkylation sites (N-methyl/N-ethyl adjacent to an activating group) is 1. The fourth-order valence-electron chi connectivity index (χ4n) is 3.04. The number of nitrogens with one attached hydrogen (secondary N) is 2. The molecule has 2 N–H and O–H groups in total. The van der Waals surface area contributed by atoms with Crippen molar-refractivity contribution in [3.8, 4) is 5.88 Å². The summed E-state index contributed by atoms with van der Waals surface area (Å²) in [5.41, 5.74) is 1.05. The van der Waals surface area contributed by atoms with Gasteiger partial charge >= 0.3 is 0 Å². The first-order chi connectivity index (χ1) is 11.8. The van der Waals surface area contributed by atoms with Crippen LogP contribution in [0.3, 0.4) is 0 Å². The predicted molar refractivity (Wildman–Crippen MR) is 114 cm³/mol. The Morgan fingerprint density at radius 3 is 2.96 bits per heavy atom. The van der Waals surface area contributed by atoms with Crippen LogP contribution in [0.2, 0.25) is 0 Å². The molecule has 6 nitrogen and oxygen atoms in total. The van der Waals surface area contributed by atoms with Crippen LogP contribution in [0, 0.1) is 0 Å². The van der Waals surface area contributed by atoms with E-state index in [4.69, 9.17) is 4.74 Å². The topological polar surface area (TPSA) is 61.8 Å². The Balaban J connectivity index is 0.00000312. The lowest BCUT2D eigenvalue weighted by Gasteiger charge is -2.24. The highest BCUT2D eigenvalue weighted by molar-refractivity contribution is 14.0. The number of aliphatic imine (C=N–C) groups is 1. The highest BCUT2D eigenvalue weighted by atomic mass is 127. The van der Waals surface area contributed by atoms with Crippen LogP contribution in [0.4, 0.5) is 0 Å². The molecule has 0 saturated carbocycles. The lowest BCUT2D eigenvalue weighted by molar-refractivity contribution is 0.267. The largest absolute Gasteiger partial charge is 0.477 e. The molecule has 1 saturated heterocycles. The van der Waals surface area contributed by atoms with Gasteiger partial charge in [0.25, 0.3) is 0 Å². The molecule has 0 spiro atoms. The van der Waals surface area contributed by atoms with Crippen LogP contribution >= 0.6 is 24.0 Å². The molecule has 0 amide bonds. The second kappa shape index (κ2) is 12.3. The van der Waals surface area contributed by atoms with Crippen molar-refractivity contribution in [3.63, 3.8) is 0 Å². The lowest BCUT2D eigenvalue weighted by atomic mass is 10.2. The van der Waals surface area contributed by atoms with Crippen molar-refractivity contribution >= 4 is 29.9 Å². The monoisotopic (exact) mass is 461 g/mol. The molecule has 1 aromatic heterocycles. The molecule has 1 unspecified atom stereocenters. The van der Waals surface area contributed by atoms with Gasteiger partial charge in [-0.05, 0) is 38.4 Å². The number of pyridine rings is 1. The van der Waals surface area contributed by atoms with Crippen LogP contribution in [-0.4, -0.2) is 55.2 Å². The first-order valence-electron chi connectivity index (χ1n) is 9.03. The standard InChI is InChI=1S/C18H31N5O.HI/c1-4-12-24-17-15(8-6-10-20-17)13-21-18(19-3)22-14-16-9-7-11-23(16)5-2;/h6,8,10,16H,4-5,7,9,11-14H2,1-3H3,(H2,19,21,22);1H. The molecule has 1 atom stereocenters. The number of rotatable bonds is 8. The molecule has 1 aliphatic heterocycles. The van der Waals surface area contributed by atoms with Gasteiger partial charge in [-0.3, -0.25) is 9.89 Å². The van der Waals surface area contributed by atoms with Crippen molar-refractivity contribution < 1.29 is 4.74 Å². The van der Waals surface area contributed by atoms with Crippen LogP contribution < -0.4 is 15.4 Å². The minimum Gasteiger partial charge on any atom is -0.477 e. The van der Waals surface area contributed by atoms with E-state index >= 15 is 0 Å². The Hall–Kier alpha value is -1.09. The third kappa shape index (κ3) is 6.97. The molecule has 7 heteroatoms. The number of nitrogens with zero attached hydrogens (tertiary/aromatic N) is 3. The van der Waals surface area contributed by atoms with E-state index in [2.05, 4.69) is 39.4 Å². The molecule has 1 aliphatic rings. The van der Waals surface area contributed by atoms with Gasteiger partial charge in [0.15, 0.2) is 5.96 Å². The van der Waals surface area contributed by atoms with Gasteiger partial charge in [0.05, 0.1) is 6.61 Å². The van der Waals surface area contributed by atoms with E-state index in [0.29, 0.717) is 25.1 Å². The maximum Gasteiger partial charge on any atom is 0.218 e. The summed E-state index contributed by atoms with van der Waals surface area (Å²) >= 11 is 0. The van der Waals surface area contributed by atoms with Crippen molar-refractivity contribution in [2.75, 3.05) is 33.3 Å². The molecule has 0 aromatic carbocycles. The Morgan fingerprint density at radius 1 is 1.40 bits per heavy atom. The summed E-state index contributed by atoms with van der Waals surface area (Å²) in [6.45, 7) is 8.91. The average molecular weight is 461 g/mol. The smallest absolute Gasteiger partial charge is 0.218 e. The van der Waals surface area contributed by atoms with E-state index in [9.17, 15) is 0 Å². The Kier molecular flexibility index (Phi) is 10.8. The summed E-state index contributed by atoms with van der Waals surface area (Å²) < 4.78 is 5.70. The quantitative estimate of drug-likeness (QED) is 0.354. The number of hydrogen-bond acceptors (Lipinski definition) is 4. The van der Waals surface area contributed by atoms with Crippen molar-refractivity contribution in [1.82, 2.24) is 20.5 Å². The van der Waals surface area contributed by atoms with Gasteiger partial charge in [0, 0.05) is 37.9 Å². The van der Waals surface area contributed by atoms with E-state index in [-0.39, 0.29) is 24.0 Å². The maximum absolute atomic E-state index is 5.70. The second-order valence-electron chi connectivity index (χ2n) is 6.05. The number of likely N-dealkylation sites (tertiary alicyclic amines) is 1. The fraction of sp³-hybridized carbons (Fsp3) is 0.667. The highest BCUT2D eigenvalue weighted by Crippen LogP contribution is 2.16. The van der Waals surface area contributed by atoms with Gasteiger partial charge in [-0.25, -0.2) is 4.98 Å². The van der Waals surface area contributed by atoms with Crippen LogP contribution in [0.25, 0.3) is 0 Å². The van der Waals surface area contributed by atoms with Gasteiger partial charge in [0.1, 0.15) is 0 Å². The molecule has 25 heavy (non-hydrogen) atoms. The third-order valence-corrected chi connectivity index (χ3v) is 4.37. The average Bonchev–Trinajstić information content (AvgIpc) is 3.08. The van der Waals surface area contributed by atoms with E-state index in [1.54, 1.807) is 13.2 Å². The summed E-state index contributed by atoms with van der Waals surface area (Å²) in [6.07, 6.45) is 5.29. The molecule has 0 bridgehead atoms. The number of ether oxygens (including phenoxy) is 1. The molecule has 0 radical (unpaired) electrons.